The molecule has 0 heterocycles. The summed E-state index contributed by atoms with van der Waals surface area (Å²) in [7, 11) is 0. The standard InChI is InChI=1S/C16H22ClNO2/c1-3-15(4-2,11-19)18-14(20)16(9-10-16)12-5-7-13(17)8-6-12/h5-8,19H,3-4,9-11H2,1-2H3,(H,18,20). The lowest BCUT2D eigenvalue weighted by atomic mass is 9.89. The predicted molar refractivity (Wildman–Crippen MR) is 80.9 cm³/mol. The Bertz CT molecular complexity index is 467. The molecule has 1 saturated carbocycles. The largest absolute Gasteiger partial charge is 0.394 e. The molecule has 0 aliphatic heterocycles. The molecule has 20 heavy (non-hydrogen) atoms. The molecule has 2 rings (SSSR count). The molecule has 1 aliphatic rings. The van der Waals surface area contributed by atoms with Crippen LogP contribution in [-0.4, -0.2) is 23.2 Å². The minimum atomic E-state index is -0.501. The zero-order valence-electron chi connectivity index (χ0n) is 12.1. The Morgan fingerprint density at radius 1 is 1.30 bits per heavy atom. The Kier molecular flexibility index (Phi) is 4.40. The van der Waals surface area contributed by atoms with E-state index in [1.54, 1.807) is 0 Å². The number of aliphatic hydroxyl groups is 1. The summed E-state index contributed by atoms with van der Waals surface area (Å²) in [6, 6.07) is 7.49. The molecule has 0 bridgehead atoms. The van der Waals surface area contributed by atoms with Crippen molar-refractivity contribution in [2.24, 2.45) is 0 Å². The molecule has 0 atom stereocenters. The van der Waals surface area contributed by atoms with Crippen molar-refractivity contribution in [2.45, 2.75) is 50.5 Å². The minimum absolute atomic E-state index is 0.0254. The predicted octanol–water partition coefficient (Wildman–Crippen LogP) is 3.04. The molecule has 1 aromatic rings. The Morgan fingerprint density at radius 2 is 1.85 bits per heavy atom. The fraction of sp³-hybridized carbons (Fsp3) is 0.562. The maximum atomic E-state index is 12.6. The normalized spacial score (nSPS) is 16.8. The van der Waals surface area contributed by atoms with Crippen LogP contribution in [0.4, 0.5) is 0 Å². The number of benzene rings is 1. The van der Waals surface area contributed by atoms with E-state index in [0.29, 0.717) is 5.02 Å². The van der Waals surface area contributed by atoms with Crippen molar-refractivity contribution < 1.29 is 9.90 Å². The molecule has 1 aromatic carbocycles. The monoisotopic (exact) mass is 295 g/mol. The van der Waals surface area contributed by atoms with Gasteiger partial charge in [0.05, 0.1) is 17.6 Å². The fourth-order valence-corrected chi connectivity index (χ4v) is 2.72. The number of rotatable bonds is 6. The number of hydrogen-bond acceptors (Lipinski definition) is 2. The van der Waals surface area contributed by atoms with Crippen LogP contribution in [0, 0.1) is 0 Å². The van der Waals surface area contributed by atoms with Crippen LogP contribution < -0.4 is 5.32 Å². The second kappa shape index (κ2) is 5.74. The molecule has 110 valence electrons. The third-order valence-electron chi connectivity index (χ3n) is 4.62. The molecular formula is C16H22ClNO2. The Balaban J connectivity index is 2.18. The molecule has 0 spiro atoms. The first kappa shape index (κ1) is 15.3. The lowest BCUT2D eigenvalue weighted by molar-refractivity contribution is -0.126. The van der Waals surface area contributed by atoms with Gasteiger partial charge < -0.3 is 10.4 Å². The van der Waals surface area contributed by atoms with Gasteiger partial charge in [-0.25, -0.2) is 0 Å². The van der Waals surface area contributed by atoms with Crippen molar-refractivity contribution in [1.82, 2.24) is 5.32 Å². The highest BCUT2D eigenvalue weighted by molar-refractivity contribution is 6.30. The molecule has 1 amide bonds. The Hall–Kier alpha value is -1.06. The number of nitrogens with one attached hydrogen (secondary N) is 1. The van der Waals surface area contributed by atoms with Crippen molar-refractivity contribution >= 4 is 17.5 Å². The first-order valence-corrected chi connectivity index (χ1v) is 7.59. The molecule has 3 nitrogen and oxygen atoms in total. The maximum absolute atomic E-state index is 12.6. The number of carbonyl (C=O) groups excluding carboxylic acids is 1. The second-order valence-electron chi connectivity index (χ2n) is 5.69. The molecule has 0 aromatic heterocycles. The second-order valence-corrected chi connectivity index (χ2v) is 6.13. The number of amides is 1. The van der Waals surface area contributed by atoms with E-state index in [0.717, 1.165) is 31.2 Å². The number of halogens is 1. The summed E-state index contributed by atoms with van der Waals surface area (Å²) >= 11 is 5.90. The van der Waals surface area contributed by atoms with Gasteiger partial charge in [-0.15, -0.1) is 0 Å². The third-order valence-corrected chi connectivity index (χ3v) is 4.87. The minimum Gasteiger partial charge on any atom is -0.394 e. The van der Waals surface area contributed by atoms with Crippen molar-refractivity contribution in [2.75, 3.05) is 6.61 Å². The van der Waals surface area contributed by atoms with Gasteiger partial charge in [0.25, 0.3) is 0 Å². The van der Waals surface area contributed by atoms with Gasteiger partial charge in [-0.2, -0.15) is 0 Å². The number of aliphatic hydroxyl groups excluding tert-OH is 1. The number of carbonyl (C=O) groups is 1. The maximum Gasteiger partial charge on any atom is 0.231 e. The Morgan fingerprint density at radius 3 is 2.25 bits per heavy atom. The van der Waals surface area contributed by atoms with Gasteiger partial charge in [-0.3, -0.25) is 4.79 Å². The third kappa shape index (κ3) is 2.70. The van der Waals surface area contributed by atoms with Gasteiger partial charge in [-0.1, -0.05) is 37.6 Å². The SMILES string of the molecule is CCC(CC)(CO)NC(=O)C1(c2ccc(Cl)cc2)CC1. The average Bonchev–Trinajstić information content (AvgIpc) is 3.27. The van der Waals surface area contributed by atoms with E-state index >= 15 is 0 Å². The lowest BCUT2D eigenvalue weighted by Gasteiger charge is -2.32. The first-order chi connectivity index (χ1) is 9.52. The van der Waals surface area contributed by atoms with Crippen LogP contribution >= 0.6 is 11.6 Å². The summed E-state index contributed by atoms with van der Waals surface area (Å²) in [4.78, 5) is 12.6. The van der Waals surface area contributed by atoms with Crippen LogP contribution in [0.2, 0.25) is 5.02 Å². The Labute approximate surface area is 125 Å². The summed E-state index contributed by atoms with van der Waals surface area (Å²) in [5, 5.41) is 13.3. The van der Waals surface area contributed by atoms with Gasteiger partial charge >= 0.3 is 0 Å². The van der Waals surface area contributed by atoms with Crippen LogP contribution in [0.5, 0.6) is 0 Å². The van der Waals surface area contributed by atoms with Gasteiger partial charge in [0.1, 0.15) is 0 Å². The van der Waals surface area contributed by atoms with Gasteiger partial charge in [0.2, 0.25) is 5.91 Å². The van der Waals surface area contributed by atoms with Crippen LogP contribution in [0.3, 0.4) is 0 Å². The van der Waals surface area contributed by atoms with Gasteiger partial charge in [0.15, 0.2) is 0 Å². The fourth-order valence-electron chi connectivity index (χ4n) is 2.59. The molecule has 4 heteroatoms. The van der Waals surface area contributed by atoms with Crippen LogP contribution in [0.1, 0.15) is 45.1 Å². The highest BCUT2D eigenvalue weighted by Crippen LogP contribution is 2.49. The summed E-state index contributed by atoms with van der Waals surface area (Å²) < 4.78 is 0. The molecular weight excluding hydrogens is 274 g/mol. The van der Waals surface area contributed by atoms with Crippen LogP contribution in [0.15, 0.2) is 24.3 Å². The molecule has 1 aliphatic carbocycles. The molecule has 0 radical (unpaired) electrons. The zero-order valence-corrected chi connectivity index (χ0v) is 12.8. The van der Waals surface area contributed by atoms with E-state index in [2.05, 4.69) is 5.32 Å². The van der Waals surface area contributed by atoms with E-state index in [1.807, 2.05) is 38.1 Å². The zero-order chi connectivity index (χ0) is 14.8. The smallest absolute Gasteiger partial charge is 0.231 e. The van der Waals surface area contributed by atoms with E-state index in [4.69, 9.17) is 11.6 Å². The van der Waals surface area contributed by atoms with E-state index < -0.39 is 11.0 Å². The number of hydrogen-bond donors (Lipinski definition) is 2. The molecule has 0 unspecified atom stereocenters. The van der Waals surface area contributed by atoms with Gasteiger partial charge in [0, 0.05) is 5.02 Å². The summed E-state index contributed by atoms with van der Waals surface area (Å²) in [6.45, 7) is 3.95. The van der Waals surface area contributed by atoms with E-state index in [-0.39, 0.29) is 12.5 Å². The lowest BCUT2D eigenvalue weighted by Crippen LogP contribution is -2.53. The topological polar surface area (TPSA) is 49.3 Å². The van der Waals surface area contributed by atoms with E-state index in [9.17, 15) is 9.90 Å². The molecule has 2 N–H and O–H groups in total. The quantitative estimate of drug-likeness (QED) is 0.847. The summed E-state index contributed by atoms with van der Waals surface area (Å²) in [6.07, 6.45) is 3.16. The van der Waals surface area contributed by atoms with Crippen molar-refractivity contribution in [3.8, 4) is 0 Å². The van der Waals surface area contributed by atoms with Crippen LogP contribution in [-0.2, 0) is 10.2 Å². The highest BCUT2D eigenvalue weighted by atomic mass is 35.5. The van der Waals surface area contributed by atoms with Crippen molar-refractivity contribution in [3.63, 3.8) is 0 Å². The molecule has 0 saturated heterocycles. The summed E-state index contributed by atoms with van der Waals surface area (Å²) in [5.74, 6) is 0.0255. The van der Waals surface area contributed by atoms with E-state index in [1.165, 1.54) is 0 Å². The van der Waals surface area contributed by atoms with Crippen LogP contribution in [0.25, 0.3) is 0 Å². The van der Waals surface area contributed by atoms with Gasteiger partial charge in [-0.05, 0) is 43.4 Å². The highest BCUT2D eigenvalue weighted by Gasteiger charge is 2.52. The first-order valence-electron chi connectivity index (χ1n) is 7.21. The van der Waals surface area contributed by atoms with Crippen molar-refractivity contribution in [3.05, 3.63) is 34.9 Å². The molecule has 1 fully saturated rings. The van der Waals surface area contributed by atoms with Crippen molar-refractivity contribution in [1.29, 1.82) is 0 Å². The summed E-state index contributed by atoms with van der Waals surface area (Å²) in [5.41, 5.74) is 0.0903. The average molecular weight is 296 g/mol.